The SMILES string of the molecule is C=CCOc1cc2c(cc1OC)[C@@]1(CS[C@@H]3c4c(OC(C)=O)c(C)c5c(c4[C@@H](COC1=O)N1[C@@H]3[C@H]3c4c(cc(C)c(OC)c4OCC=C)C[C@@H]([C@@H]1C#N)N3C)OCO5)N(C(=O)c1cccc([N+](=O)[O-])c1)CC2. The zero-order valence-corrected chi connectivity index (χ0v) is 41.5. The Labute approximate surface area is 420 Å². The first-order chi connectivity index (χ1) is 34.7. The number of hydrogen-bond acceptors (Lipinski definition) is 17. The lowest BCUT2D eigenvalue weighted by molar-refractivity contribution is -0.384. The van der Waals surface area contributed by atoms with Crippen molar-refractivity contribution in [3.8, 4) is 46.3 Å². The highest BCUT2D eigenvalue weighted by Crippen LogP contribution is 2.65. The first kappa shape index (κ1) is 48.4. The number of nitro benzene ring substituents is 1. The third kappa shape index (κ3) is 7.32. The molecule has 374 valence electrons. The van der Waals surface area contributed by atoms with Gasteiger partial charge < -0.3 is 42.8 Å². The van der Waals surface area contributed by atoms with E-state index in [0.29, 0.717) is 63.0 Å². The Morgan fingerprint density at radius 1 is 0.972 bits per heavy atom. The summed E-state index contributed by atoms with van der Waals surface area (Å²) in [5, 5.41) is 22.8. The predicted molar refractivity (Wildman–Crippen MR) is 262 cm³/mol. The number of likely N-dealkylation sites (N-methyl/N-ethyl adjacent to an activating group) is 1. The molecule has 1 spiro atoms. The highest BCUT2D eigenvalue weighted by Gasteiger charge is 2.63. The summed E-state index contributed by atoms with van der Waals surface area (Å²) in [6.45, 7) is 12.6. The molecule has 7 aliphatic heterocycles. The number of fused-ring (bicyclic) bond motifs is 9. The molecule has 19 heteroatoms. The number of nitro groups is 1. The number of non-ortho nitro benzene ring substituents is 1. The Morgan fingerprint density at radius 2 is 1.74 bits per heavy atom. The van der Waals surface area contributed by atoms with Gasteiger partial charge in [-0.05, 0) is 74.2 Å². The summed E-state index contributed by atoms with van der Waals surface area (Å²) in [7, 11) is 5.07. The zero-order chi connectivity index (χ0) is 50.9. The number of hydrogen-bond donors (Lipinski definition) is 0. The predicted octanol–water partition coefficient (Wildman–Crippen LogP) is 7.17. The molecule has 0 unspecified atom stereocenters. The van der Waals surface area contributed by atoms with Gasteiger partial charge in [-0.15, -0.1) is 11.8 Å². The summed E-state index contributed by atoms with van der Waals surface area (Å²) in [4.78, 5) is 61.9. The summed E-state index contributed by atoms with van der Waals surface area (Å²) in [6.07, 6.45) is 3.99. The second-order valence-electron chi connectivity index (χ2n) is 18.5. The third-order valence-electron chi connectivity index (χ3n) is 14.9. The maximum Gasteiger partial charge on any atom is 0.337 e. The van der Waals surface area contributed by atoms with E-state index in [1.807, 2.05) is 14.0 Å². The van der Waals surface area contributed by atoms with Gasteiger partial charge in [-0.25, -0.2) is 4.79 Å². The number of rotatable bonds is 11. The van der Waals surface area contributed by atoms with Gasteiger partial charge in [0, 0.05) is 71.3 Å². The van der Waals surface area contributed by atoms with E-state index in [4.69, 9.17) is 37.9 Å². The quantitative estimate of drug-likeness (QED) is 0.0481. The van der Waals surface area contributed by atoms with Crippen molar-refractivity contribution in [2.45, 2.75) is 74.6 Å². The molecular formula is C53H53N5O13S. The molecule has 2 fully saturated rings. The molecule has 0 radical (unpaired) electrons. The average Bonchev–Trinajstić information content (AvgIpc) is 3.87. The van der Waals surface area contributed by atoms with E-state index >= 15 is 9.59 Å². The molecule has 0 aliphatic carbocycles. The summed E-state index contributed by atoms with van der Waals surface area (Å²) in [6, 6.07) is 10.4. The van der Waals surface area contributed by atoms with Crippen molar-refractivity contribution < 1.29 is 57.2 Å². The van der Waals surface area contributed by atoms with Crippen molar-refractivity contribution in [1.82, 2.24) is 14.7 Å². The van der Waals surface area contributed by atoms with Crippen LogP contribution in [0.15, 0.2) is 67.8 Å². The molecular weight excluding hydrogens is 947 g/mol. The number of methoxy groups -OCH3 is 2. The topological polar surface area (TPSA) is 202 Å². The lowest BCUT2D eigenvalue weighted by Crippen LogP contribution is -2.69. The highest BCUT2D eigenvalue weighted by atomic mass is 32.2. The standard InChI is InChI=1S/C53H53N5O13S/c1-9-16-66-39-21-30-14-15-56(51(60)31-12-11-13-33(19-31)58(62)63)53(34(30)22-38(39)64-7)25-72-50-42-41(49-47(69-26-70-49)28(4)46(42)71-29(5)59)37(24-68-52(53)61)57-36(23-54)35-20-32-18-27(3)45(65-8)48(67-17-10-2)40(32)43(44(50)57)55(35)6/h9-13,18-19,21-22,35-37,43-44,50H,1-2,14-17,20,24-26H2,3-8H3/t35-,36-,37+,43+,44+,50+,53+/m0/s1. The molecule has 0 saturated carbocycles. The van der Waals surface area contributed by atoms with Crippen LogP contribution in [0.4, 0.5) is 5.69 Å². The number of nitriles is 1. The van der Waals surface area contributed by atoms with E-state index in [9.17, 15) is 20.2 Å². The molecule has 72 heavy (non-hydrogen) atoms. The van der Waals surface area contributed by atoms with Crippen molar-refractivity contribution >= 4 is 35.3 Å². The van der Waals surface area contributed by atoms with Gasteiger partial charge in [0.1, 0.15) is 31.6 Å². The molecule has 11 rings (SSSR count). The fourth-order valence-corrected chi connectivity index (χ4v) is 13.7. The number of esters is 2. The second-order valence-corrected chi connectivity index (χ2v) is 19.7. The van der Waals surface area contributed by atoms with Crippen LogP contribution in [0.25, 0.3) is 0 Å². The summed E-state index contributed by atoms with van der Waals surface area (Å²) in [5.41, 5.74) is 3.15. The molecule has 7 atom stereocenters. The van der Waals surface area contributed by atoms with Crippen LogP contribution in [0.2, 0.25) is 0 Å². The molecule has 4 aromatic rings. The minimum atomic E-state index is -1.93. The van der Waals surface area contributed by atoms with E-state index in [1.165, 1.54) is 55.0 Å². The minimum absolute atomic E-state index is 0.00574. The van der Waals surface area contributed by atoms with E-state index in [0.717, 1.165) is 16.7 Å². The Balaban J connectivity index is 1.27. The van der Waals surface area contributed by atoms with E-state index < -0.39 is 57.7 Å². The zero-order valence-electron chi connectivity index (χ0n) is 40.7. The van der Waals surface area contributed by atoms with Crippen LogP contribution in [-0.4, -0.2) is 116 Å². The van der Waals surface area contributed by atoms with Gasteiger partial charge in [-0.1, -0.05) is 37.4 Å². The number of ether oxygens (including phenoxy) is 8. The number of thioether (sulfide) groups is 1. The number of nitrogens with zero attached hydrogens (tertiary/aromatic N) is 5. The van der Waals surface area contributed by atoms with Crippen molar-refractivity contribution in [2.24, 2.45) is 0 Å². The van der Waals surface area contributed by atoms with Crippen LogP contribution < -0.4 is 33.2 Å². The van der Waals surface area contributed by atoms with Crippen molar-refractivity contribution in [2.75, 3.05) is 60.2 Å². The summed E-state index contributed by atoms with van der Waals surface area (Å²) < 4.78 is 50.1. The van der Waals surface area contributed by atoms with Gasteiger partial charge in [-0.2, -0.15) is 5.26 Å². The Bertz CT molecular complexity index is 3030. The van der Waals surface area contributed by atoms with Gasteiger partial charge in [0.25, 0.3) is 11.6 Å². The Kier molecular flexibility index (Phi) is 12.6. The number of carbonyl (C=O) groups is 3. The molecule has 7 heterocycles. The van der Waals surface area contributed by atoms with Crippen molar-refractivity contribution in [3.63, 3.8) is 0 Å². The molecule has 0 aromatic heterocycles. The Hall–Kier alpha value is -7.27. The molecule has 1 amide bonds. The molecule has 0 N–H and O–H groups in total. The van der Waals surface area contributed by atoms with Crippen molar-refractivity contribution in [1.29, 1.82) is 5.26 Å². The van der Waals surface area contributed by atoms with Gasteiger partial charge in [0.15, 0.2) is 40.0 Å². The second kappa shape index (κ2) is 18.7. The normalized spacial score (nSPS) is 24.6. The summed E-state index contributed by atoms with van der Waals surface area (Å²) >= 11 is 1.34. The maximum absolute atomic E-state index is 15.9. The first-order valence-corrected chi connectivity index (χ1v) is 24.6. The number of piperazine rings is 1. The number of aryl methyl sites for hydroxylation is 1. The molecule has 4 bridgehead atoms. The smallest absolute Gasteiger partial charge is 0.337 e. The number of amides is 1. The monoisotopic (exact) mass is 999 g/mol. The molecule has 2 saturated heterocycles. The number of benzene rings is 4. The first-order valence-electron chi connectivity index (χ1n) is 23.5. The minimum Gasteiger partial charge on any atom is -0.493 e. The Morgan fingerprint density at radius 3 is 2.44 bits per heavy atom. The van der Waals surface area contributed by atoms with Gasteiger partial charge in [0.2, 0.25) is 6.79 Å². The number of carbonyl (C=O) groups excluding carboxylic acids is 3. The van der Waals surface area contributed by atoms with Gasteiger partial charge in [0.05, 0.1) is 42.5 Å². The van der Waals surface area contributed by atoms with Crippen LogP contribution in [0, 0.1) is 35.3 Å². The van der Waals surface area contributed by atoms with Gasteiger partial charge in [-0.3, -0.25) is 29.5 Å². The van der Waals surface area contributed by atoms with E-state index in [1.54, 1.807) is 38.3 Å². The molecule has 18 nitrogen and oxygen atoms in total. The maximum atomic E-state index is 15.9. The van der Waals surface area contributed by atoms with Crippen LogP contribution >= 0.6 is 11.8 Å². The third-order valence-corrected chi connectivity index (χ3v) is 16.3. The van der Waals surface area contributed by atoms with Crippen LogP contribution in [0.3, 0.4) is 0 Å². The molecule has 4 aromatic carbocycles. The lowest BCUT2D eigenvalue weighted by Gasteiger charge is -2.62. The van der Waals surface area contributed by atoms with Crippen LogP contribution in [0.5, 0.6) is 40.2 Å². The van der Waals surface area contributed by atoms with Crippen molar-refractivity contribution in [3.05, 3.63) is 128 Å². The van der Waals surface area contributed by atoms with E-state index in [-0.39, 0.29) is 74.1 Å². The van der Waals surface area contributed by atoms with Gasteiger partial charge >= 0.3 is 11.9 Å². The average molecular weight is 1000 g/mol. The lowest BCUT2D eigenvalue weighted by atomic mass is 9.71. The van der Waals surface area contributed by atoms with Crippen LogP contribution in [-0.2, 0) is 32.7 Å². The largest absolute Gasteiger partial charge is 0.493 e. The van der Waals surface area contributed by atoms with Crippen LogP contribution in [0.1, 0.15) is 79.1 Å². The van der Waals surface area contributed by atoms with E-state index in [2.05, 4.69) is 35.1 Å². The fraction of sp³-hybridized carbons (Fsp3) is 0.396. The summed E-state index contributed by atoms with van der Waals surface area (Å²) in [5.74, 6) is 0.533. The fourth-order valence-electron chi connectivity index (χ4n) is 12.0. The molecule has 7 aliphatic rings. The highest BCUT2D eigenvalue weighted by molar-refractivity contribution is 7.99.